The van der Waals surface area contributed by atoms with Crippen molar-refractivity contribution in [2.75, 3.05) is 67.0 Å². The Bertz CT molecular complexity index is 1450. The molecule has 63 heavy (non-hydrogen) atoms. The zero-order chi connectivity index (χ0) is 47.0. The van der Waals surface area contributed by atoms with Crippen LogP contribution in [0.15, 0.2) is 75.9 Å². The summed E-state index contributed by atoms with van der Waals surface area (Å²) < 4.78 is 42.8. The zero-order valence-electron chi connectivity index (χ0n) is 36.5. The van der Waals surface area contributed by atoms with Gasteiger partial charge in [-0.1, -0.05) is 65.2 Å². The van der Waals surface area contributed by atoms with Gasteiger partial charge in [0.15, 0.2) is 0 Å². The van der Waals surface area contributed by atoms with Gasteiger partial charge < -0.3 is 47.7 Å². The third-order valence-electron chi connectivity index (χ3n) is 11.0. The number of carbonyl (C=O) groups excluding carboxylic acids is 8. The van der Waals surface area contributed by atoms with Gasteiger partial charge in [-0.2, -0.15) is 0 Å². The maximum atomic E-state index is 13.5. The van der Waals surface area contributed by atoms with Crippen molar-refractivity contribution in [1.29, 1.82) is 0 Å². The number of amides is 2. The molecule has 0 bridgehead atoms. The van der Waals surface area contributed by atoms with Crippen LogP contribution in [0, 0.1) is 22.7 Å². The van der Waals surface area contributed by atoms with Gasteiger partial charge in [0.1, 0.15) is 63.7 Å². The van der Waals surface area contributed by atoms with E-state index in [-0.39, 0.29) is 23.9 Å². The van der Waals surface area contributed by atoms with Crippen LogP contribution in [-0.4, -0.2) is 137 Å². The molecule has 0 N–H and O–H groups in total. The first-order valence-corrected chi connectivity index (χ1v) is 20.5. The summed E-state index contributed by atoms with van der Waals surface area (Å²) >= 11 is 0. The lowest BCUT2D eigenvalue weighted by Gasteiger charge is -2.39. The molecule has 2 aliphatic rings. The fourth-order valence-corrected chi connectivity index (χ4v) is 7.26. The third kappa shape index (κ3) is 18.4. The van der Waals surface area contributed by atoms with Crippen LogP contribution in [0.4, 0.5) is 9.59 Å². The van der Waals surface area contributed by atoms with Crippen molar-refractivity contribution in [1.82, 2.24) is 9.80 Å². The number of ether oxygens (including phenoxy) is 8. The van der Waals surface area contributed by atoms with Crippen LogP contribution >= 0.6 is 0 Å². The Balaban J connectivity index is 2.11. The van der Waals surface area contributed by atoms with E-state index in [0.717, 1.165) is 81.4 Å². The van der Waals surface area contributed by atoms with Crippen molar-refractivity contribution < 1.29 is 76.3 Å². The molecule has 0 aromatic rings. The molecule has 18 heteroatoms. The first-order chi connectivity index (χ1) is 30.0. The van der Waals surface area contributed by atoms with E-state index < -0.39 is 112 Å². The van der Waals surface area contributed by atoms with Crippen LogP contribution in [0.25, 0.3) is 0 Å². The average Bonchev–Trinajstić information content (AvgIpc) is 3.31. The van der Waals surface area contributed by atoms with Crippen LogP contribution in [0.1, 0.15) is 57.8 Å². The van der Waals surface area contributed by atoms with Crippen molar-refractivity contribution in [3.8, 4) is 0 Å². The lowest BCUT2D eigenvalue weighted by atomic mass is 9.75. The first kappa shape index (κ1) is 52.9. The molecule has 2 saturated carbocycles. The second-order valence-corrected chi connectivity index (χ2v) is 15.8. The van der Waals surface area contributed by atoms with E-state index >= 15 is 0 Å². The normalized spacial score (nSPS) is 18.3. The van der Waals surface area contributed by atoms with E-state index in [0.29, 0.717) is 12.8 Å². The van der Waals surface area contributed by atoms with E-state index in [9.17, 15) is 38.4 Å². The molecule has 2 aliphatic carbocycles. The summed E-state index contributed by atoms with van der Waals surface area (Å²) in [7, 11) is 3.26. The predicted molar refractivity (Wildman–Crippen MR) is 226 cm³/mol. The smallest absolute Gasteiger partial charge is 0.409 e. The fraction of sp³-hybridized carbons (Fsp3) is 0.556. The summed E-state index contributed by atoms with van der Waals surface area (Å²) in [5.41, 5.74) is -2.94. The van der Waals surface area contributed by atoms with Crippen LogP contribution < -0.4 is 0 Å². The number of carbonyl (C=O) groups is 8. The van der Waals surface area contributed by atoms with E-state index in [1.54, 1.807) is 14.1 Å². The second kappa shape index (κ2) is 27.0. The first-order valence-electron chi connectivity index (χ1n) is 20.5. The molecule has 0 aliphatic heterocycles. The summed E-state index contributed by atoms with van der Waals surface area (Å²) in [5, 5.41) is 0. The van der Waals surface area contributed by atoms with Gasteiger partial charge in [-0.25, -0.2) is 38.4 Å². The molecule has 0 spiro atoms. The van der Waals surface area contributed by atoms with Crippen LogP contribution in [-0.2, 0) is 66.7 Å². The Morgan fingerprint density at radius 1 is 0.429 bits per heavy atom. The van der Waals surface area contributed by atoms with Gasteiger partial charge in [0.05, 0.1) is 0 Å². The maximum absolute atomic E-state index is 13.5. The summed E-state index contributed by atoms with van der Waals surface area (Å²) in [5.74, 6) is -4.24. The molecule has 0 aromatic carbocycles. The fourth-order valence-electron chi connectivity index (χ4n) is 7.26. The number of nitrogens with zero attached hydrogens (tertiary/aromatic N) is 2. The van der Waals surface area contributed by atoms with Crippen molar-refractivity contribution in [2.24, 2.45) is 22.7 Å². The van der Waals surface area contributed by atoms with Gasteiger partial charge in [-0.05, 0) is 43.9 Å². The third-order valence-corrected chi connectivity index (χ3v) is 11.0. The van der Waals surface area contributed by atoms with Crippen molar-refractivity contribution in [3.05, 3.63) is 75.9 Å². The SMILES string of the molecule is C=CC(=O)OCC(COC(=O)C=C)(COC(=O)C=C)COC(=O)N(C)C1CCCC(CC2CCCC(N(C)C(=O)OCC(COC(=O)C=C)(COC(=O)C=C)COC(=O)C=C)C2)C1. The molecule has 0 aromatic heterocycles. The molecule has 4 unspecified atom stereocenters. The molecule has 348 valence electrons. The van der Waals surface area contributed by atoms with Gasteiger partial charge >= 0.3 is 48.0 Å². The lowest BCUT2D eigenvalue weighted by Crippen LogP contribution is -2.47. The van der Waals surface area contributed by atoms with Crippen LogP contribution in [0.3, 0.4) is 0 Å². The molecule has 2 amide bonds. The molecule has 0 saturated heterocycles. The Hall–Kier alpha value is -6.20. The largest absolute Gasteiger partial charge is 0.462 e. The predicted octanol–water partition coefficient (Wildman–Crippen LogP) is 4.98. The molecule has 0 heterocycles. The molecule has 18 nitrogen and oxygen atoms in total. The quantitative estimate of drug-likeness (QED) is 0.0636. The average molecular weight is 887 g/mol. The Labute approximate surface area is 368 Å². The van der Waals surface area contributed by atoms with Gasteiger partial charge in [-0.15, -0.1) is 0 Å². The minimum absolute atomic E-state index is 0.166. The molecule has 0 radical (unpaired) electrons. The summed E-state index contributed by atoms with van der Waals surface area (Å²) in [6, 6.07) is -0.331. The standard InChI is InChI=1S/C45H62N2O16/c1-9-36(48)56-24-44(25-57-37(49)10-2,26-58-38(50)11-3)30-62-42(54)46(7)34-19-15-17-32(22-34)21-33-18-16-20-35(23-33)47(8)43(55)63-31-45(27-59-39(51)12-4,28-60-40(52)13-5)29-61-41(53)14-6/h9-14,32-35H,1-6,15-31H2,7-8H3. The number of rotatable bonds is 26. The second-order valence-electron chi connectivity index (χ2n) is 15.8. The van der Waals surface area contributed by atoms with E-state index in [2.05, 4.69) is 39.5 Å². The Morgan fingerprint density at radius 3 is 0.905 bits per heavy atom. The molecular weight excluding hydrogens is 824 g/mol. The molecule has 2 fully saturated rings. The summed E-state index contributed by atoms with van der Waals surface area (Å²) in [6.07, 6.45) is 11.6. The molecular formula is C45H62N2O16. The van der Waals surface area contributed by atoms with E-state index in [4.69, 9.17) is 37.9 Å². The summed E-state index contributed by atoms with van der Waals surface area (Å²) in [6.45, 7) is 16.7. The van der Waals surface area contributed by atoms with Gasteiger partial charge in [0, 0.05) is 62.6 Å². The number of hydrogen-bond acceptors (Lipinski definition) is 16. The van der Waals surface area contributed by atoms with Crippen molar-refractivity contribution in [3.63, 3.8) is 0 Å². The zero-order valence-corrected chi connectivity index (χ0v) is 36.5. The Kier molecular flexibility index (Phi) is 22.7. The highest BCUT2D eigenvalue weighted by Gasteiger charge is 2.41. The maximum Gasteiger partial charge on any atom is 0.409 e. The molecule has 2 rings (SSSR count). The molecule has 4 atom stereocenters. The van der Waals surface area contributed by atoms with Crippen LogP contribution in [0.2, 0.25) is 0 Å². The number of esters is 6. The minimum Gasteiger partial charge on any atom is -0.462 e. The topological polar surface area (TPSA) is 217 Å². The minimum atomic E-state index is -1.47. The van der Waals surface area contributed by atoms with Crippen LogP contribution in [0.5, 0.6) is 0 Å². The monoisotopic (exact) mass is 886 g/mol. The highest BCUT2D eigenvalue weighted by atomic mass is 16.6. The van der Waals surface area contributed by atoms with Gasteiger partial charge in [0.2, 0.25) is 0 Å². The summed E-state index contributed by atoms with van der Waals surface area (Å²) in [4.78, 5) is 102. The highest BCUT2D eigenvalue weighted by Crippen LogP contribution is 2.38. The highest BCUT2D eigenvalue weighted by molar-refractivity contribution is 5.83. The van der Waals surface area contributed by atoms with E-state index in [1.807, 2.05) is 0 Å². The van der Waals surface area contributed by atoms with Crippen molar-refractivity contribution in [2.45, 2.75) is 69.9 Å². The van der Waals surface area contributed by atoms with Crippen molar-refractivity contribution >= 4 is 48.0 Å². The number of hydrogen-bond donors (Lipinski definition) is 0. The van der Waals surface area contributed by atoms with E-state index in [1.165, 1.54) is 9.80 Å². The Morgan fingerprint density at radius 2 is 0.667 bits per heavy atom. The lowest BCUT2D eigenvalue weighted by molar-refractivity contribution is -0.161. The van der Waals surface area contributed by atoms with Gasteiger partial charge in [0.25, 0.3) is 0 Å². The van der Waals surface area contributed by atoms with Gasteiger partial charge in [-0.3, -0.25) is 0 Å².